The number of aryl methyl sites for hydroxylation is 1. The van der Waals surface area contributed by atoms with Crippen LogP contribution in [0.5, 0.6) is 11.5 Å². The zero-order chi connectivity index (χ0) is 39.3. The van der Waals surface area contributed by atoms with Crippen molar-refractivity contribution < 1.29 is 23.9 Å². The molecule has 4 aromatic rings. The molecule has 1 fully saturated rings. The number of alkyl carbamates (subject to hydrolysis) is 1. The highest BCUT2D eigenvalue weighted by Crippen LogP contribution is 2.49. The third-order valence-corrected chi connectivity index (χ3v) is 12.7. The van der Waals surface area contributed by atoms with E-state index in [1.807, 2.05) is 38.4 Å². The molecule has 0 radical (unpaired) electrons. The van der Waals surface area contributed by atoms with Crippen molar-refractivity contribution in [3.05, 3.63) is 71.6 Å². The number of aromatic nitrogens is 4. The van der Waals surface area contributed by atoms with Crippen LogP contribution in [0.4, 0.5) is 4.79 Å². The number of benzene rings is 2. The van der Waals surface area contributed by atoms with E-state index in [1.54, 1.807) is 28.4 Å². The lowest BCUT2D eigenvalue weighted by molar-refractivity contribution is -0.135. The Balaban J connectivity index is 1.12. The van der Waals surface area contributed by atoms with Crippen molar-refractivity contribution in [2.45, 2.75) is 84.7 Å². The van der Waals surface area contributed by atoms with Gasteiger partial charge in [0.2, 0.25) is 11.8 Å². The molecule has 3 amide bonds. The van der Waals surface area contributed by atoms with Crippen LogP contribution in [0.15, 0.2) is 48.8 Å². The first-order valence-corrected chi connectivity index (χ1v) is 21.4. The Hall–Kier alpha value is -4.43. The Kier molecular flexibility index (Phi) is 12.9. The molecule has 294 valence electrons. The number of carbonyl (C=O) groups excluding carboxylic acids is 3. The van der Waals surface area contributed by atoms with E-state index in [4.69, 9.17) is 14.5 Å². The summed E-state index contributed by atoms with van der Waals surface area (Å²) in [5.74, 6) is 6.21. The molecule has 2 aromatic carbocycles. The van der Waals surface area contributed by atoms with Gasteiger partial charge in [-0.3, -0.25) is 9.59 Å². The number of H-pyrrole nitrogens is 2. The van der Waals surface area contributed by atoms with Crippen molar-refractivity contribution in [1.29, 1.82) is 0 Å². The van der Waals surface area contributed by atoms with Crippen LogP contribution in [-0.4, -0.2) is 79.2 Å². The molecule has 4 atom stereocenters. The molecule has 1 saturated heterocycles. The van der Waals surface area contributed by atoms with E-state index >= 15 is 0 Å². The first-order valence-electron chi connectivity index (χ1n) is 19.1. The van der Waals surface area contributed by atoms with Gasteiger partial charge in [0.05, 0.1) is 48.7 Å². The van der Waals surface area contributed by atoms with E-state index in [0.717, 1.165) is 76.0 Å². The van der Waals surface area contributed by atoms with Gasteiger partial charge in [0.1, 0.15) is 29.2 Å². The van der Waals surface area contributed by atoms with Crippen molar-refractivity contribution >= 4 is 41.4 Å². The first kappa shape index (κ1) is 40.2. The fourth-order valence-corrected chi connectivity index (χ4v) is 8.87. The molecule has 0 spiro atoms. The Bertz CT molecular complexity index is 1990. The summed E-state index contributed by atoms with van der Waals surface area (Å²) in [6, 6.07) is 11.6. The van der Waals surface area contributed by atoms with Crippen LogP contribution >= 0.6 is 23.5 Å². The molecule has 2 aliphatic rings. The average Bonchev–Trinajstić information content (AvgIpc) is 3.98. The minimum atomic E-state index is -0.687. The zero-order valence-electron chi connectivity index (χ0n) is 32.8. The van der Waals surface area contributed by atoms with E-state index in [-0.39, 0.29) is 29.2 Å². The highest BCUT2D eigenvalue weighted by molar-refractivity contribution is 7.99. The van der Waals surface area contributed by atoms with Crippen LogP contribution in [0.1, 0.15) is 89.6 Å². The normalized spacial score (nSPS) is 17.4. The number of nitrogens with one attached hydrogen (secondary N) is 4. The second-order valence-electron chi connectivity index (χ2n) is 15.0. The Labute approximate surface area is 332 Å². The third kappa shape index (κ3) is 9.01. The van der Waals surface area contributed by atoms with Gasteiger partial charge in [0, 0.05) is 52.0 Å². The zero-order valence-corrected chi connectivity index (χ0v) is 34.4. The number of aromatic amines is 2. The van der Waals surface area contributed by atoms with Gasteiger partial charge in [-0.15, -0.1) is 23.5 Å². The molecule has 6 rings (SSSR count). The Morgan fingerprint density at radius 1 is 1.02 bits per heavy atom. The fraction of sp³-hybridized carbons (Fsp3) is 0.488. The van der Waals surface area contributed by atoms with Crippen LogP contribution in [0.2, 0.25) is 0 Å². The SMILES string of the molecule is CCC(C)CC(=O)NCSCCc1ncc(-c2ccc3c(c2)Oc2ccc(-c4cnc(C5CSCN5C(=O)C(NC(=O)OC)C(C)CC)[nH]4)cc2C3(C)C)[nH]1. The van der Waals surface area contributed by atoms with Gasteiger partial charge < -0.3 is 35.0 Å². The molecule has 4 unspecified atom stereocenters. The number of ether oxygens (including phenoxy) is 2. The first-order chi connectivity index (χ1) is 26.4. The van der Waals surface area contributed by atoms with Crippen LogP contribution in [0.3, 0.4) is 0 Å². The number of carbonyl (C=O) groups is 3. The van der Waals surface area contributed by atoms with Gasteiger partial charge in [-0.05, 0) is 36.1 Å². The molecule has 0 aliphatic carbocycles. The monoisotopic (exact) mass is 787 g/mol. The molecule has 4 N–H and O–H groups in total. The summed E-state index contributed by atoms with van der Waals surface area (Å²) in [6.45, 7) is 12.6. The maximum Gasteiger partial charge on any atom is 0.407 e. The number of fused-ring (bicyclic) bond motifs is 2. The second kappa shape index (κ2) is 17.6. The molecule has 0 saturated carbocycles. The Morgan fingerprint density at radius 3 is 2.53 bits per heavy atom. The Morgan fingerprint density at radius 2 is 1.76 bits per heavy atom. The number of hydrogen-bond acceptors (Lipinski definition) is 9. The lowest BCUT2D eigenvalue weighted by atomic mass is 9.75. The molecular formula is C41H53N7O5S2. The molecule has 0 bridgehead atoms. The lowest BCUT2D eigenvalue weighted by Gasteiger charge is -2.35. The third-order valence-electron chi connectivity index (χ3n) is 10.9. The molecule has 2 aromatic heterocycles. The van der Waals surface area contributed by atoms with E-state index in [9.17, 15) is 14.4 Å². The number of methoxy groups -OCH3 is 1. The predicted molar refractivity (Wildman–Crippen MR) is 219 cm³/mol. The molecule has 12 nitrogen and oxygen atoms in total. The molecule has 2 aliphatic heterocycles. The minimum absolute atomic E-state index is 0.0622. The summed E-state index contributed by atoms with van der Waals surface area (Å²) >= 11 is 3.36. The van der Waals surface area contributed by atoms with E-state index in [1.165, 1.54) is 7.11 Å². The van der Waals surface area contributed by atoms with Crippen LogP contribution < -0.4 is 15.4 Å². The van der Waals surface area contributed by atoms with Gasteiger partial charge in [-0.1, -0.05) is 66.5 Å². The molecule has 14 heteroatoms. The van der Waals surface area contributed by atoms with E-state index < -0.39 is 12.1 Å². The number of thioether (sulfide) groups is 2. The summed E-state index contributed by atoms with van der Waals surface area (Å²) < 4.78 is 11.4. The minimum Gasteiger partial charge on any atom is -0.457 e. The van der Waals surface area contributed by atoms with Gasteiger partial charge >= 0.3 is 6.09 Å². The van der Waals surface area contributed by atoms with Crippen molar-refractivity contribution in [2.75, 3.05) is 30.4 Å². The quantitative estimate of drug-likeness (QED) is 0.0693. The number of hydrogen-bond donors (Lipinski definition) is 4. The average molecular weight is 788 g/mol. The summed E-state index contributed by atoms with van der Waals surface area (Å²) in [4.78, 5) is 56.0. The standard InChI is InChI=1S/C41H53N7O5S2/c1-8-24(3)16-36(49)44-22-54-15-14-35-42-19-30(45-35)27-10-12-28-34(18-27)53-33-13-11-26(17-29(33)41(28,5)6)31-20-43-38(46-31)32-21-55-23-48(32)39(50)37(25(4)9-2)47-40(51)52-7/h10-13,17-20,24-25,32,37H,8-9,14-16,21-23H2,1-7H3,(H,42,45)(H,43,46)(H,44,49)(H,47,51). The van der Waals surface area contributed by atoms with E-state index in [2.05, 4.69) is 77.5 Å². The maximum atomic E-state index is 13.8. The number of rotatable bonds is 15. The van der Waals surface area contributed by atoms with Gasteiger partial charge in [-0.2, -0.15) is 0 Å². The highest BCUT2D eigenvalue weighted by Gasteiger charge is 2.39. The largest absolute Gasteiger partial charge is 0.457 e. The molecule has 55 heavy (non-hydrogen) atoms. The van der Waals surface area contributed by atoms with Crippen LogP contribution in [0, 0.1) is 11.8 Å². The fourth-order valence-electron chi connectivity index (χ4n) is 6.96. The van der Waals surface area contributed by atoms with E-state index in [0.29, 0.717) is 35.7 Å². The maximum absolute atomic E-state index is 13.8. The van der Waals surface area contributed by atoms with Crippen molar-refractivity contribution in [3.8, 4) is 34.0 Å². The number of amides is 3. The van der Waals surface area contributed by atoms with Crippen LogP contribution in [-0.2, 0) is 26.2 Å². The van der Waals surface area contributed by atoms with Gasteiger partial charge in [0.25, 0.3) is 0 Å². The van der Waals surface area contributed by atoms with Crippen molar-refractivity contribution in [3.63, 3.8) is 0 Å². The van der Waals surface area contributed by atoms with Crippen molar-refractivity contribution in [2.24, 2.45) is 11.8 Å². The smallest absolute Gasteiger partial charge is 0.407 e. The topological polar surface area (TPSA) is 154 Å². The number of nitrogens with zero attached hydrogens (tertiary/aromatic N) is 3. The number of imidazole rings is 2. The lowest BCUT2D eigenvalue weighted by Crippen LogP contribution is -2.51. The van der Waals surface area contributed by atoms with Gasteiger partial charge in [0.15, 0.2) is 0 Å². The summed E-state index contributed by atoms with van der Waals surface area (Å²) in [5, 5.41) is 5.75. The van der Waals surface area contributed by atoms with Crippen LogP contribution in [0.25, 0.3) is 22.5 Å². The van der Waals surface area contributed by atoms with Crippen molar-refractivity contribution in [1.82, 2.24) is 35.5 Å². The second-order valence-corrected chi connectivity index (χ2v) is 17.1. The molecular weight excluding hydrogens is 735 g/mol. The summed E-state index contributed by atoms with van der Waals surface area (Å²) in [7, 11) is 1.30. The predicted octanol–water partition coefficient (Wildman–Crippen LogP) is 8.03. The summed E-state index contributed by atoms with van der Waals surface area (Å²) in [5.41, 5.74) is 5.56. The molecule has 4 heterocycles. The van der Waals surface area contributed by atoms with Gasteiger partial charge in [-0.25, -0.2) is 14.8 Å². The highest BCUT2D eigenvalue weighted by atomic mass is 32.2. The summed E-state index contributed by atoms with van der Waals surface area (Å²) in [6.07, 6.45) is 6.16.